The standard InChI is InChI=1S/C39H41F3N6O7SSi/c1-25(27-10-13-30(40)14-11-27)55-34-20-29(12-16-33(34)47-56(50,51)39(41)42)36-32(21-43)37(48(46-36)24-53-18-19-57(3,4)5)45-35-17-15-31(22-44-35)54-23-26-6-8-28(9-7-26)38(49)52-2/h6-17,20,22,25,39,47H,18-19,23-24H2,1-5H3,(H,44,45)/t25-/m0/s1. The molecule has 3 aromatic carbocycles. The first-order chi connectivity index (χ1) is 27.1. The number of hydrogen-bond donors (Lipinski definition) is 2. The summed E-state index contributed by atoms with van der Waals surface area (Å²) in [4.78, 5) is 16.2. The van der Waals surface area contributed by atoms with Gasteiger partial charge in [0, 0.05) is 20.2 Å². The fraction of sp³-hybridized carbons (Fsp3) is 0.282. The van der Waals surface area contributed by atoms with Gasteiger partial charge in [0.25, 0.3) is 10.0 Å². The SMILES string of the molecule is COC(=O)c1ccc(COc2ccc(Nc3c(C#N)c(-c4ccc(NS(=O)(=O)C(F)F)c(O[C@@H](C)c5ccc(F)cc5)c4)nn3COCC[Si](C)(C)C)nc2)cc1. The van der Waals surface area contributed by atoms with Crippen LogP contribution in [0.1, 0.15) is 40.1 Å². The quantitative estimate of drug-likeness (QED) is 0.0494. The number of pyridine rings is 1. The van der Waals surface area contributed by atoms with Gasteiger partial charge in [-0.25, -0.2) is 27.3 Å². The highest BCUT2D eigenvalue weighted by molar-refractivity contribution is 7.93. The van der Waals surface area contributed by atoms with Crippen molar-refractivity contribution < 1.29 is 45.3 Å². The zero-order valence-corrected chi connectivity index (χ0v) is 33.6. The summed E-state index contributed by atoms with van der Waals surface area (Å²) in [6.07, 6.45) is 0.708. The first kappa shape index (κ1) is 42.2. The highest BCUT2D eigenvalue weighted by atomic mass is 32.2. The van der Waals surface area contributed by atoms with Crippen LogP contribution in [0.5, 0.6) is 11.5 Å². The van der Waals surface area contributed by atoms with E-state index in [4.69, 9.17) is 18.9 Å². The van der Waals surface area contributed by atoms with Crippen molar-refractivity contribution in [2.45, 2.75) is 57.8 Å². The maximum atomic E-state index is 13.6. The van der Waals surface area contributed by atoms with Crippen molar-refractivity contribution in [2.75, 3.05) is 23.8 Å². The Bertz CT molecular complexity index is 2320. The molecule has 0 saturated carbocycles. The first-order valence-electron chi connectivity index (χ1n) is 17.5. The van der Waals surface area contributed by atoms with Gasteiger partial charge in [-0.1, -0.05) is 50.0 Å². The van der Waals surface area contributed by atoms with Gasteiger partial charge in [0.1, 0.15) is 59.9 Å². The number of benzene rings is 3. The van der Waals surface area contributed by atoms with Crippen molar-refractivity contribution >= 4 is 41.4 Å². The fourth-order valence-electron chi connectivity index (χ4n) is 5.24. The number of alkyl halides is 2. The number of anilines is 3. The molecule has 0 aliphatic rings. The van der Waals surface area contributed by atoms with Crippen LogP contribution in [0, 0.1) is 17.1 Å². The Balaban J connectivity index is 1.46. The van der Waals surface area contributed by atoms with Gasteiger partial charge in [0.2, 0.25) is 0 Å². The second kappa shape index (κ2) is 18.4. The molecule has 0 radical (unpaired) electrons. The van der Waals surface area contributed by atoms with Gasteiger partial charge in [0.15, 0.2) is 5.82 Å². The summed E-state index contributed by atoms with van der Waals surface area (Å²) in [7, 11) is -5.23. The number of carbonyl (C=O) groups excluding carboxylic acids is 1. The number of hydrogen-bond acceptors (Lipinski definition) is 11. The summed E-state index contributed by atoms with van der Waals surface area (Å²) in [6, 6.07) is 22.6. The Morgan fingerprint density at radius 1 is 1.02 bits per heavy atom. The zero-order valence-electron chi connectivity index (χ0n) is 31.8. The highest BCUT2D eigenvalue weighted by Gasteiger charge is 2.27. The number of nitriles is 1. The molecule has 18 heteroatoms. The summed E-state index contributed by atoms with van der Waals surface area (Å²) in [6.45, 7) is 8.86. The monoisotopic (exact) mass is 822 g/mol. The predicted octanol–water partition coefficient (Wildman–Crippen LogP) is 8.48. The van der Waals surface area contributed by atoms with Crippen molar-refractivity contribution in [1.82, 2.24) is 14.8 Å². The van der Waals surface area contributed by atoms with E-state index in [0.717, 1.165) is 11.6 Å². The summed E-state index contributed by atoms with van der Waals surface area (Å²) in [5.74, 6) is -3.77. The lowest BCUT2D eigenvalue weighted by atomic mass is 10.1. The van der Waals surface area contributed by atoms with E-state index in [9.17, 15) is 31.6 Å². The maximum absolute atomic E-state index is 13.6. The Kier molecular flexibility index (Phi) is 13.6. The lowest BCUT2D eigenvalue weighted by molar-refractivity contribution is 0.0600. The Morgan fingerprint density at radius 3 is 2.35 bits per heavy atom. The first-order valence-corrected chi connectivity index (χ1v) is 22.8. The number of aromatic nitrogens is 3. The van der Waals surface area contributed by atoms with E-state index < -0.39 is 41.7 Å². The average molecular weight is 823 g/mol. The van der Waals surface area contributed by atoms with E-state index in [1.54, 1.807) is 43.3 Å². The second-order valence-corrected chi connectivity index (χ2v) is 21.2. The third kappa shape index (κ3) is 11.3. The number of nitrogens with one attached hydrogen (secondary N) is 2. The second-order valence-electron chi connectivity index (χ2n) is 13.9. The molecule has 5 aromatic rings. The molecule has 5 rings (SSSR count). The largest absolute Gasteiger partial charge is 0.487 e. The van der Waals surface area contributed by atoms with Crippen molar-refractivity contribution in [2.24, 2.45) is 0 Å². The molecule has 1 atom stereocenters. The molecule has 0 fully saturated rings. The zero-order chi connectivity index (χ0) is 41.3. The van der Waals surface area contributed by atoms with Crippen LogP contribution in [0.25, 0.3) is 11.3 Å². The predicted molar refractivity (Wildman–Crippen MR) is 210 cm³/mol. The molecule has 2 aromatic heterocycles. The highest BCUT2D eigenvalue weighted by Crippen LogP contribution is 2.38. The van der Waals surface area contributed by atoms with Crippen molar-refractivity contribution in [3.8, 4) is 28.8 Å². The number of rotatable bonds is 18. The minimum atomic E-state index is -5.10. The van der Waals surface area contributed by atoms with Gasteiger partial charge < -0.3 is 24.3 Å². The Morgan fingerprint density at radius 2 is 1.74 bits per heavy atom. The average Bonchev–Trinajstić information content (AvgIpc) is 3.53. The van der Waals surface area contributed by atoms with Gasteiger partial charge in [-0.2, -0.15) is 19.1 Å². The number of nitrogens with zero attached hydrogens (tertiary/aromatic N) is 4. The lowest BCUT2D eigenvalue weighted by Gasteiger charge is -2.19. The molecule has 0 bridgehead atoms. The summed E-state index contributed by atoms with van der Waals surface area (Å²) >= 11 is 0. The van der Waals surface area contributed by atoms with Crippen LogP contribution in [-0.2, 0) is 32.8 Å². The number of esters is 1. The van der Waals surface area contributed by atoms with Crippen molar-refractivity contribution in [1.29, 1.82) is 5.26 Å². The van der Waals surface area contributed by atoms with E-state index in [1.807, 2.05) is 4.72 Å². The molecule has 0 amide bonds. The Hall–Kier alpha value is -5.90. The van der Waals surface area contributed by atoms with Crippen LogP contribution < -0.4 is 19.5 Å². The van der Waals surface area contributed by atoms with E-state index in [1.165, 1.54) is 60.5 Å². The summed E-state index contributed by atoms with van der Waals surface area (Å²) in [5, 5.41) is 18.3. The molecular weight excluding hydrogens is 782 g/mol. The maximum Gasteiger partial charge on any atom is 0.355 e. The van der Waals surface area contributed by atoms with E-state index in [0.29, 0.717) is 29.3 Å². The van der Waals surface area contributed by atoms with Gasteiger partial charge in [-0.15, -0.1) is 0 Å². The van der Waals surface area contributed by atoms with Crippen LogP contribution in [0.15, 0.2) is 85.1 Å². The van der Waals surface area contributed by atoms with E-state index in [-0.39, 0.29) is 47.4 Å². The third-order valence-electron chi connectivity index (χ3n) is 8.42. The summed E-state index contributed by atoms with van der Waals surface area (Å²) in [5.41, 5.74) is 1.96. The number of sulfonamides is 1. The van der Waals surface area contributed by atoms with Crippen molar-refractivity contribution in [3.05, 3.63) is 113 Å². The molecule has 0 unspecified atom stereocenters. The van der Waals surface area contributed by atoms with Gasteiger partial charge in [0.05, 0.1) is 24.6 Å². The third-order valence-corrected chi connectivity index (χ3v) is 11.1. The normalized spacial score (nSPS) is 12.1. The van der Waals surface area contributed by atoms with Gasteiger partial charge in [-0.3, -0.25) is 4.72 Å². The molecule has 0 aliphatic heterocycles. The molecule has 57 heavy (non-hydrogen) atoms. The molecule has 2 heterocycles. The number of methoxy groups -OCH3 is 1. The number of halogens is 3. The van der Waals surface area contributed by atoms with E-state index in [2.05, 4.69) is 41.1 Å². The summed E-state index contributed by atoms with van der Waals surface area (Å²) < 4.78 is 90.9. The molecule has 13 nitrogen and oxygen atoms in total. The van der Waals surface area contributed by atoms with E-state index >= 15 is 0 Å². The molecular formula is C39H41F3N6O7SSi. The number of ether oxygens (including phenoxy) is 4. The lowest BCUT2D eigenvalue weighted by Crippen LogP contribution is -2.22. The van der Waals surface area contributed by atoms with Crippen LogP contribution >= 0.6 is 0 Å². The van der Waals surface area contributed by atoms with Gasteiger partial charge in [-0.05, 0) is 72.6 Å². The molecule has 300 valence electrons. The van der Waals surface area contributed by atoms with Crippen LogP contribution in [-0.4, -0.2) is 56.7 Å². The smallest absolute Gasteiger partial charge is 0.355 e. The fourth-order valence-corrected chi connectivity index (χ4v) is 6.56. The molecule has 0 spiro atoms. The van der Waals surface area contributed by atoms with Crippen molar-refractivity contribution in [3.63, 3.8) is 0 Å². The minimum absolute atomic E-state index is 0.0469. The van der Waals surface area contributed by atoms with Crippen LogP contribution in [0.3, 0.4) is 0 Å². The van der Waals surface area contributed by atoms with Crippen LogP contribution in [0.4, 0.5) is 30.5 Å². The Labute approximate surface area is 329 Å². The molecule has 2 N–H and O–H groups in total. The number of carbonyl (C=O) groups is 1. The van der Waals surface area contributed by atoms with Crippen LogP contribution in [0.2, 0.25) is 25.7 Å². The minimum Gasteiger partial charge on any atom is -0.487 e. The molecule has 0 aliphatic carbocycles. The van der Waals surface area contributed by atoms with Gasteiger partial charge >= 0.3 is 11.7 Å². The molecule has 0 saturated heterocycles. The topological polar surface area (TPSA) is 167 Å².